The van der Waals surface area contributed by atoms with Gasteiger partial charge in [0.2, 0.25) is 5.95 Å². The van der Waals surface area contributed by atoms with E-state index in [1.807, 2.05) is 31.3 Å². The van der Waals surface area contributed by atoms with Crippen LogP contribution in [-0.4, -0.2) is 9.97 Å². The van der Waals surface area contributed by atoms with Gasteiger partial charge in [-0.25, -0.2) is 4.98 Å². The summed E-state index contributed by atoms with van der Waals surface area (Å²) in [7, 11) is 0. The Morgan fingerprint density at radius 1 is 1.35 bits per heavy atom. The molecule has 1 heterocycles. The molecule has 0 spiro atoms. The molecule has 2 aromatic rings. The number of aromatic nitrogens is 2. The highest BCUT2D eigenvalue weighted by atomic mass is 32.2. The number of H-pyrrole nitrogens is 1. The Bertz CT molecular complexity index is 585. The van der Waals surface area contributed by atoms with Crippen LogP contribution in [-0.2, 0) is 0 Å². The zero-order chi connectivity index (χ0) is 14.2. The Morgan fingerprint density at radius 3 is 2.90 bits per heavy atom. The van der Waals surface area contributed by atoms with E-state index in [1.54, 1.807) is 11.9 Å². The predicted octanol–water partition coefficient (Wildman–Crippen LogP) is 5.01. The molecule has 1 aromatic carbocycles. The average molecular weight is 285 g/mol. The molecule has 0 amide bonds. The van der Waals surface area contributed by atoms with Gasteiger partial charge < -0.3 is 4.98 Å². The molecular weight excluding hydrogens is 266 g/mol. The van der Waals surface area contributed by atoms with Gasteiger partial charge in [-0.05, 0) is 42.7 Å². The first-order valence-electron chi connectivity index (χ1n) is 6.61. The Kier molecular flexibility index (Phi) is 5.50. The maximum absolute atomic E-state index is 4.33. The van der Waals surface area contributed by atoms with Crippen LogP contribution in [0.2, 0.25) is 0 Å². The summed E-state index contributed by atoms with van der Waals surface area (Å²) in [6, 6.07) is 10.2. The van der Waals surface area contributed by atoms with E-state index in [1.165, 1.54) is 4.91 Å². The Balaban J connectivity index is 1.92. The molecule has 0 saturated carbocycles. The highest BCUT2D eigenvalue weighted by molar-refractivity contribution is 8.04. The fourth-order valence-electron chi connectivity index (χ4n) is 1.68. The van der Waals surface area contributed by atoms with Crippen LogP contribution in [0.4, 0.5) is 5.95 Å². The second kappa shape index (κ2) is 7.60. The van der Waals surface area contributed by atoms with E-state index in [0.717, 1.165) is 23.6 Å². The second-order valence-electron chi connectivity index (χ2n) is 4.34. The van der Waals surface area contributed by atoms with Crippen LogP contribution >= 0.6 is 11.9 Å². The second-order valence-corrected chi connectivity index (χ2v) is 5.39. The lowest BCUT2D eigenvalue weighted by molar-refractivity contribution is 1.32. The molecule has 0 radical (unpaired) electrons. The number of nitrogens with zero attached hydrogens (tertiary/aromatic N) is 1. The summed E-state index contributed by atoms with van der Waals surface area (Å²) in [4.78, 5) is 8.82. The average Bonchev–Trinajstić information content (AvgIpc) is 2.95. The number of aromatic amines is 1. The van der Waals surface area contributed by atoms with Gasteiger partial charge >= 0.3 is 0 Å². The number of nitrogens with one attached hydrogen (secondary N) is 2. The van der Waals surface area contributed by atoms with Crippen LogP contribution < -0.4 is 4.72 Å². The number of hydrogen-bond acceptors (Lipinski definition) is 3. The standard InChI is InChI=1S/C16H19N3S/c1-3-4-6-9-13(2)20-19-16-17-12-15(18-16)14-10-7-5-8-11-14/h3-5,7-12H,6H2,1-2H3,(H2,17,18,19)/b4-3-,13-9+. The van der Waals surface area contributed by atoms with Crippen LogP contribution in [0.15, 0.2) is 59.7 Å². The Hall–Kier alpha value is -1.94. The first-order chi connectivity index (χ1) is 9.79. The maximum atomic E-state index is 4.33. The van der Waals surface area contributed by atoms with Gasteiger partial charge in [-0.15, -0.1) is 0 Å². The van der Waals surface area contributed by atoms with E-state index in [2.05, 4.69) is 52.0 Å². The molecular formula is C16H19N3S. The van der Waals surface area contributed by atoms with Crippen molar-refractivity contribution in [3.8, 4) is 11.3 Å². The lowest BCUT2D eigenvalue weighted by Crippen LogP contribution is -1.88. The first-order valence-corrected chi connectivity index (χ1v) is 7.42. The normalized spacial score (nSPS) is 12.0. The minimum atomic E-state index is 0.771. The summed E-state index contributed by atoms with van der Waals surface area (Å²) < 4.78 is 3.22. The van der Waals surface area contributed by atoms with Gasteiger partial charge in [-0.2, -0.15) is 0 Å². The molecule has 2 rings (SSSR count). The van der Waals surface area contributed by atoms with Crippen LogP contribution in [0.1, 0.15) is 20.3 Å². The van der Waals surface area contributed by atoms with Crippen molar-refractivity contribution < 1.29 is 0 Å². The van der Waals surface area contributed by atoms with Crippen molar-refractivity contribution in [3.05, 3.63) is 59.7 Å². The minimum Gasteiger partial charge on any atom is -0.323 e. The summed E-state index contributed by atoms with van der Waals surface area (Å²) in [5, 5.41) is 0. The van der Waals surface area contributed by atoms with Crippen LogP contribution in [0, 0.1) is 0 Å². The molecule has 0 aliphatic heterocycles. The van der Waals surface area contributed by atoms with E-state index in [9.17, 15) is 0 Å². The SMILES string of the molecule is C/C=C\C/C=C(\C)SNc1ncc(-c2ccccc2)[nH]1. The van der Waals surface area contributed by atoms with Gasteiger partial charge in [-0.1, -0.05) is 48.6 Å². The monoisotopic (exact) mass is 285 g/mol. The van der Waals surface area contributed by atoms with Gasteiger partial charge in [0.05, 0.1) is 11.9 Å². The van der Waals surface area contributed by atoms with Crippen LogP contribution in [0.3, 0.4) is 0 Å². The minimum absolute atomic E-state index is 0.771. The number of rotatable bonds is 6. The molecule has 0 saturated heterocycles. The van der Waals surface area contributed by atoms with E-state index in [-0.39, 0.29) is 0 Å². The van der Waals surface area contributed by atoms with Crippen LogP contribution in [0.5, 0.6) is 0 Å². The molecule has 0 aliphatic rings. The highest BCUT2D eigenvalue weighted by Gasteiger charge is 2.02. The third kappa shape index (κ3) is 4.31. The van der Waals surface area contributed by atoms with Crippen molar-refractivity contribution in [2.45, 2.75) is 20.3 Å². The lowest BCUT2D eigenvalue weighted by atomic mass is 10.2. The van der Waals surface area contributed by atoms with E-state index >= 15 is 0 Å². The predicted molar refractivity (Wildman–Crippen MR) is 88.4 cm³/mol. The van der Waals surface area contributed by atoms with E-state index in [4.69, 9.17) is 0 Å². The molecule has 0 atom stereocenters. The topological polar surface area (TPSA) is 40.7 Å². The summed E-state index contributed by atoms with van der Waals surface area (Å²) in [6.45, 7) is 4.12. The summed E-state index contributed by atoms with van der Waals surface area (Å²) >= 11 is 1.57. The number of imidazole rings is 1. The number of anilines is 1. The molecule has 104 valence electrons. The fraction of sp³-hybridized carbons (Fsp3) is 0.188. The van der Waals surface area contributed by atoms with Crippen molar-refractivity contribution in [3.63, 3.8) is 0 Å². The third-order valence-corrected chi connectivity index (χ3v) is 3.53. The summed E-state index contributed by atoms with van der Waals surface area (Å²) in [5.41, 5.74) is 2.16. The molecule has 3 nitrogen and oxygen atoms in total. The van der Waals surface area contributed by atoms with Gasteiger partial charge in [0, 0.05) is 0 Å². The molecule has 0 bridgehead atoms. The molecule has 0 fully saturated rings. The molecule has 2 N–H and O–H groups in total. The zero-order valence-electron chi connectivity index (χ0n) is 11.8. The molecule has 0 aliphatic carbocycles. The summed E-state index contributed by atoms with van der Waals surface area (Å²) in [5.74, 6) is 0.771. The van der Waals surface area contributed by atoms with Crippen molar-refractivity contribution in [1.82, 2.24) is 9.97 Å². The zero-order valence-corrected chi connectivity index (χ0v) is 12.6. The summed E-state index contributed by atoms with van der Waals surface area (Å²) in [6.07, 6.45) is 9.17. The quantitative estimate of drug-likeness (QED) is 0.579. The Morgan fingerprint density at radius 2 is 2.15 bits per heavy atom. The largest absolute Gasteiger partial charge is 0.323 e. The van der Waals surface area contributed by atoms with Gasteiger partial charge in [-0.3, -0.25) is 4.72 Å². The number of allylic oxidation sites excluding steroid dienone is 4. The van der Waals surface area contributed by atoms with E-state index < -0.39 is 0 Å². The van der Waals surface area contributed by atoms with Crippen LogP contribution in [0.25, 0.3) is 11.3 Å². The number of benzene rings is 1. The van der Waals surface area contributed by atoms with Gasteiger partial charge in [0.25, 0.3) is 0 Å². The number of hydrogen-bond donors (Lipinski definition) is 2. The molecule has 20 heavy (non-hydrogen) atoms. The van der Waals surface area contributed by atoms with Gasteiger partial charge in [0.1, 0.15) is 0 Å². The smallest absolute Gasteiger partial charge is 0.211 e. The molecule has 0 unspecified atom stereocenters. The highest BCUT2D eigenvalue weighted by Crippen LogP contribution is 2.21. The van der Waals surface area contributed by atoms with Crippen molar-refractivity contribution in [2.24, 2.45) is 0 Å². The first kappa shape index (κ1) is 14.5. The van der Waals surface area contributed by atoms with Crippen molar-refractivity contribution >= 4 is 17.9 Å². The Labute approximate surface area is 124 Å². The molecule has 1 aromatic heterocycles. The lowest BCUT2D eigenvalue weighted by Gasteiger charge is -2.01. The molecule has 4 heteroatoms. The fourth-order valence-corrected chi connectivity index (χ4v) is 2.22. The third-order valence-electron chi connectivity index (χ3n) is 2.75. The van der Waals surface area contributed by atoms with Crippen molar-refractivity contribution in [1.29, 1.82) is 0 Å². The van der Waals surface area contributed by atoms with E-state index in [0.29, 0.717) is 0 Å². The van der Waals surface area contributed by atoms with Crippen molar-refractivity contribution in [2.75, 3.05) is 4.72 Å². The van der Waals surface area contributed by atoms with Gasteiger partial charge in [0.15, 0.2) is 0 Å². The maximum Gasteiger partial charge on any atom is 0.211 e.